The molecule has 0 aliphatic carbocycles. The number of rotatable bonds is 6. The smallest absolute Gasteiger partial charge is 0.281 e. The van der Waals surface area contributed by atoms with Gasteiger partial charge < -0.3 is 10.6 Å². The summed E-state index contributed by atoms with van der Waals surface area (Å²) in [5.41, 5.74) is 3.89. The number of para-hydroxylation sites is 2. The number of amides is 3. The Morgan fingerprint density at radius 1 is 1.00 bits per heavy atom. The zero-order valence-electron chi connectivity index (χ0n) is 13.8. The van der Waals surface area contributed by atoms with Gasteiger partial charge in [0.1, 0.15) is 0 Å². The van der Waals surface area contributed by atoms with E-state index >= 15 is 0 Å². The molecule has 0 aliphatic rings. The van der Waals surface area contributed by atoms with Gasteiger partial charge in [-0.05, 0) is 30.5 Å². The highest BCUT2D eigenvalue weighted by Gasteiger charge is 2.10. The zero-order valence-corrected chi connectivity index (χ0v) is 14.6. The van der Waals surface area contributed by atoms with E-state index in [1.807, 2.05) is 0 Å². The number of nitrogens with zero attached hydrogens (tertiary/aromatic N) is 1. The molecule has 0 spiro atoms. The molecule has 0 atom stereocenters. The fourth-order valence-corrected chi connectivity index (χ4v) is 2.58. The molecule has 3 N–H and O–H groups in total. The molecule has 2 rings (SSSR count). The Labute approximate surface area is 149 Å². The summed E-state index contributed by atoms with van der Waals surface area (Å²) >= 11 is 1.31. The first-order valence-electron chi connectivity index (χ1n) is 7.49. The van der Waals surface area contributed by atoms with Gasteiger partial charge >= 0.3 is 0 Å². The molecule has 25 heavy (non-hydrogen) atoms. The van der Waals surface area contributed by atoms with Crippen molar-refractivity contribution >= 4 is 46.1 Å². The van der Waals surface area contributed by atoms with Gasteiger partial charge in [0.25, 0.3) is 5.91 Å². The molecule has 0 radical (unpaired) electrons. The number of carbonyl (C=O) groups excluding carboxylic acids is 3. The monoisotopic (exact) mass is 358 g/mol. The fourth-order valence-electron chi connectivity index (χ4n) is 1.97. The Hall–Kier alpha value is -3.00. The van der Waals surface area contributed by atoms with Crippen LogP contribution in [-0.4, -0.2) is 23.4 Å². The van der Waals surface area contributed by atoms with Gasteiger partial charge in [-0.2, -0.15) is 5.10 Å². The van der Waals surface area contributed by atoms with Crippen LogP contribution in [0.25, 0.3) is 0 Å². The van der Waals surface area contributed by atoms with E-state index in [1.54, 1.807) is 48.7 Å². The van der Waals surface area contributed by atoms with Gasteiger partial charge in [0.2, 0.25) is 11.8 Å². The molecule has 0 bridgehead atoms. The molecule has 130 valence electrons. The van der Waals surface area contributed by atoms with Gasteiger partial charge in [-0.25, -0.2) is 5.43 Å². The van der Waals surface area contributed by atoms with Crippen LogP contribution in [0.2, 0.25) is 0 Å². The second-order valence-corrected chi connectivity index (χ2v) is 6.16. The van der Waals surface area contributed by atoms with Gasteiger partial charge in [0, 0.05) is 12.6 Å². The van der Waals surface area contributed by atoms with Crippen LogP contribution in [0.1, 0.15) is 29.9 Å². The molecular weight excluding hydrogens is 340 g/mol. The minimum Gasteiger partial charge on any atom is -0.325 e. The average Bonchev–Trinajstić information content (AvgIpc) is 3.08. The van der Waals surface area contributed by atoms with Crippen molar-refractivity contribution in [2.75, 3.05) is 10.6 Å². The van der Waals surface area contributed by atoms with E-state index in [-0.39, 0.29) is 24.1 Å². The van der Waals surface area contributed by atoms with Crippen LogP contribution in [0.5, 0.6) is 0 Å². The topological polar surface area (TPSA) is 99.7 Å². The average molecular weight is 358 g/mol. The van der Waals surface area contributed by atoms with Crippen LogP contribution in [0.3, 0.4) is 0 Å². The van der Waals surface area contributed by atoms with E-state index in [0.29, 0.717) is 22.0 Å². The second kappa shape index (κ2) is 8.74. The third kappa shape index (κ3) is 5.85. The second-order valence-electron chi connectivity index (χ2n) is 5.22. The Morgan fingerprint density at radius 3 is 2.28 bits per heavy atom. The first-order chi connectivity index (χ1) is 12.0. The number of thiophene rings is 1. The maximum atomic E-state index is 12.1. The van der Waals surface area contributed by atoms with Crippen molar-refractivity contribution in [2.24, 2.45) is 5.10 Å². The summed E-state index contributed by atoms with van der Waals surface area (Å²) in [7, 11) is 0. The van der Waals surface area contributed by atoms with Crippen LogP contribution >= 0.6 is 11.3 Å². The molecule has 3 amide bonds. The number of hydrogen-bond donors (Lipinski definition) is 3. The van der Waals surface area contributed by atoms with E-state index in [1.165, 1.54) is 18.3 Å². The summed E-state index contributed by atoms with van der Waals surface area (Å²) in [6.45, 7) is 3.04. The number of hydrogen-bond acceptors (Lipinski definition) is 5. The standard InChI is InChI=1S/C17H18N4O3S/c1-11(20-21-17(24)15-8-5-9-25-15)10-16(23)19-14-7-4-3-6-13(14)18-12(2)22/h3-9H,10H2,1-2H3,(H,18,22)(H,19,23)(H,21,24)/b20-11+. The van der Waals surface area contributed by atoms with Gasteiger partial charge in [-0.3, -0.25) is 14.4 Å². The Kier molecular flexibility index (Phi) is 6.41. The van der Waals surface area contributed by atoms with Crippen LogP contribution in [-0.2, 0) is 9.59 Å². The van der Waals surface area contributed by atoms with E-state index in [0.717, 1.165) is 0 Å². The van der Waals surface area contributed by atoms with Crippen LogP contribution < -0.4 is 16.1 Å². The third-order valence-corrected chi connectivity index (χ3v) is 3.89. The molecule has 1 aromatic heterocycles. The minimum absolute atomic E-state index is 0.0130. The maximum absolute atomic E-state index is 12.1. The summed E-state index contributed by atoms with van der Waals surface area (Å²) in [5, 5.41) is 11.1. The first-order valence-corrected chi connectivity index (χ1v) is 8.37. The summed E-state index contributed by atoms with van der Waals surface area (Å²) < 4.78 is 0. The van der Waals surface area contributed by atoms with Gasteiger partial charge in [-0.15, -0.1) is 11.3 Å². The number of carbonyl (C=O) groups is 3. The number of anilines is 2. The lowest BCUT2D eigenvalue weighted by Gasteiger charge is -2.11. The highest BCUT2D eigenvalue weighted by molar-refractivity contribution is 7.12. The van der Waals surface area contributed by atoms with Crippen molar-refractivity contribution in [1.82, 2.24) is 5.43 Å². The first kappa shape index (κ1) is 18.3. The lowest BCUT2D eigenvalue weighted by Crippen LogP contribution is -2.21. The quantitative estimate of drug-likeness (QED) is 0.547. The van der Waals surface area contributed by atoms with Crippen molar-refractivity contribution in [3.8, 4) is 0 Å². The predicted molar refractivity (Wildman–Crippen MR) is 98.9 cm³/mol. The molecule has 0 fully saturated rings. The van der Waals surface area contributed by atoms with Gasteiger partial charge in [0.05, 0.1) is 22.7 Å². The molecule has 0 saturated heterocycles. The summed E-state index contributed by atoms with van der Waals surface area (Å²) in [5.74, 6) is -0.842. The molecule has 1 heterocycles. The largest absolute Gasteiger partial charge is 0.325 e. The van der Waals surface area contributed by atoms with Crippen molar-refractivity contribution < 1.29 is 14.4 Å². The van der Waals surface area contributed by atoms with Crippen LogP contribution in [0.4, 0.5) is 11.4 Å². The molecule has 0 saturated carbocycles. The molecule has 0 unspecified atom stereocenters. The molecule has 2 aromatic rings. The fraction of sp³-hybridized carbons (Fsp3) is 0.176. The van der Waals surface area contributed by atoms with E-state index in [9.17, 15) is 14.4 Å². The maximum Gasteiger partial charge on any atom is 0.281 e. The normalized spacial score (nSPS) is 10.9. The summed E-state index contributed by atoms with van der Waals surface area (Å²) in [6.07, 6.45) is 0.0130. The van der Waals surface area contributed by atoms with E-state index in [4.69, 9.17) is 0 Å². The molecule has 7 nitrogen and oxygen atoms in total. The summed E-state index contributed by atoms with van der Waals surface area (Å²) in [4.78, 5) is 35.6. The highest BCUT2D eigenvalue weighted by atomic mass is 32.1. The predicted octanol–water partition coefficient (Wildman–Crippen LogP) is 2.84. The molecular formula is C17H18N4O3S. The highest BCUT2D eigenvalue weighted by Crippen LogP contribution is 2.21. The number of hydrazone groups is 1. The van der Waals surface area contributed by atoms with E-state index < -0.39 is 0 Å². The Balaban J connectivity index is 1.92. The van der Waals surface area contributed by atoms with Crippen LogP contribution in [0.15, 0.2) is 46.9 Å². The Morgan fingerprint density at radius 2 is 1.68 bits per heavy atom. The lowest BCUT2D eigenvalue weighted by molar-refractivity contribution is -0.115. The van der Waals surface area contributed by atoms with Gasteiger partial charge in [-0.1, -0.05) is 18.2 Å². The lowest BCUT2D eigenvalue weighted by atomic mass is 10.2. The van der Waals surface area contributed by atoms with Crippen molar-refractivity contribution in [3.63, 3.8) is 0 Å². The molecule has 8 heteroatoms. The zero-order chi connectivity index (χ0) is 18.2. The van der Waals surface area contributed by atoms with Crippen LogP contribution in [0, 0.1) is 0 Å². The van der Waals surface area contributed by atoms with Crippen molar-refractivity contribution in [3.05, 3.63) is 46.7 Å². The molecule has 1 aromatic carbocycles. The number of benzene rings is 1. The third-order valence-electron chi connectivity index (χ3n) is 3.02. The minimum atomic E-state index is -0.314. The Bertz CT molecular complexity index is 800. The van der Waals surface area contributed by atoms with Crippen molar-refractivity contribution in [1.29, 1.82) is 0 Å². The van der Waals surface area contributed by atoms with E-state index in [2.05, 4.69) is 21.2 Å². The SMILES string of the molecule is CC(=O)Nc1ccccc1NC(=O)C/C(C)=N/NC(=O)c1cccs1. The molecule has 0 aliphatic heterocycles. The van der Waals surface area contributed by atoms with Crippen molar-refractivity contribution in [2.45, 2.75) is 20.3 Å². The number of nitrogens with one attached hydrogen (secondary N) is 3. The summed E-state index contributed by atoms with van der Waals surface area (Å²) in [6, 6.07) is 10.4. The van der Waals surface area contributed by atoms with Gasteiger partial charge in [0.15, 0.2) is 0 Å².